The first-order valence-electron chi connectivity index (χ1n) is 10.4. The van der Waals surface area contributed by atoms with Gasteiger partial charge in [0.15, 0.2) is 0 Å². The Morgan fingerprint density at radius 2 is 1.50 bits per heavy atom. The lowest BCUT2D eigenvalue weighted by Gasteiger charge is -2.15. The van der Waals surface area contributed by atoms with Crippen molar-refractivity contribution in [3.05, 3.63) is 122 Å². The van der Waals surface area contributed by atoms with E-state index in [9.17, 15) is 4.79 Å². The number of para-hydroxylation sites is 1. The van der Waals surface area contributed by atoms with Gasteiger partial charge in [-0.25, -0.2) is 4.98 Å². The van der Waals surface area contributed by atoms with E-state index in [0.717, 1.165) is 16.8 Å². The molecule has 5 aromatic rings. The Morgan fingerprint density at radius 1 is 0.794 bits per heavy atom. The molecule has 0 saturated heterocycles. The fourth-order valence-electron chi connectivity index (χ4n) is 3.61. The van der Waals surface area contributed by atoms with Gasteiger partial charge in [0.1, 0.15) is 5.82 Å². The number of fused-ring (bicyclic) bond motifs is 1. The van der Waals surface area contributed by atoms with Crippen LogP contribution in [0, 0.1) is 0 Å². The molecular formula is C27H16Cl3N3O. The molecule has 0 spiro atoms. The molecule has 1 heterocycles. The molecule has 4 nitrogen and oxygen atoms in total. The summed E-state index contributed by atoms with van der Waals surface area (Å²) in [5.74, 6) is 0.473. The second kappa shape index (κ2) is 9.43. The van der Waals surface area contributed by atoms with Crippen LogP contribution in [0.1, 0.15) is 5.56 Å². The first kappa shape index (κ1) is 22.4. The number of aromatic nitrogens is 2. The fraction of sp³-hybridized carbons (Fsp3) is 0. The van der Waals surface area contributed by atoms with Crippen molar-refractivity contribution in [2.24, 2.45) is 4.99 Å². The molecule has 34 heavy (non-hydrogen) atoms. The Morgan fingerprint density at radius 3 is 2.24 bits per heavy atom. The second-order valence-electron chi connectivity index (χ2n) is 7.55. The SMILES string of the molecule is O=c1c2ccccc2nc(-c2ccc(N=Cc3ccc(Cl)cc3)cc2)n1-c1ccc(Cl)cc1Cl. The number of rotatable bonds is 4. The van der Waals surface area contributed by atoms with Crippen molar-refractivity contribution < 1.29 is 0 Å². The molecular weight excluding hydrogens is 489 g/mol. The first-order valence-corrected chi connectivity index (χ1v) is 11.5. The summed E-state index contributed by atoms with van der Waals surface area (Å²) in [7, 11) is 0. The van der Waals surface area contributed by atoms with Crippen molar-refractivity contribution in [3.8, 4) is 17.1 Å². The third-order valence-electron chi connectivity index (χ3n) is 5.28. The molecule has 0 aliphatic heterocycles. The Balaban J connectivity index is 1.61. The largest absolute Gasteiger partial charge is 0.268 e. The van der Waals surface area contributed by atoms with Crippen LogP contribution in [0.25, 0.3) is 28.0 Å². The van der Waals surface area contributed by atoms with Gasteiger partial charge in [-0.2, -0.15) is 0 Å². The highest BCUT2D eigenvalue weighted by atomic mass is 35.5. The summed E-state index contributed by atoms with van der Waals surface area (Å²) in [6.07, 6.45) is 1.77. The van der Waals surface area contributed by atoms with Gasteiger partial charge in [-0.05, 0) is 72.3 Å². The topological polar surface area (TPSA) is 47.2 Å². The van der Waals surface area contributed by atoms with Gasteiger partial charge in [0.05, 0.1) is 27.3 Å². The standard InChI is InChI=1S/C27H16Cl3N3O/c28-19-9-5-17(6-10-19)16-31-21-12-7-18(8-13-21)26-32-24-4-2-1-3-22(24)27(34)33(26)25-14-11-20(29)15-23(25)30/h1-16H. The molecule has 4 aromatic carbocycles. The summed E-state index contributed by atoms with van der Waals surface area (Å²) in [5.41, 5.74) is 3.35. The van der Waals surface area contributed by atoms with Crippen LogP contribution in [-0.2, 0) is 0 Å². The Kier molecular flexibility index (Phi) is 6.20. The summed E-state index contributed by atoms with van der Waals surface area (Å²) in [5, 5.41) is 2.02. The van der Waals surface area contributed by atoms with Crippen molar-refractivity contribution in [3.63, 3.8) is 0 Å². The average Bonchev–Trinajstić information content (AvgIpc) is 2.85. The zero-order valence-corrected chi connectivity index (χ0v) is 19.9. The maximum absolute atomic E-state index is 13.5. The number of aliphatic imine (C=N–C) groups is 1. The summed E-state index contributed by atoms with van der Waals surface area (Å²) in [6.45, 7) is 0. The molecule has 0 amide bonds. The molecule has 0 saturated carbocycles. The van der Waals surface area contributed by atoms with Gasteiger partial charge in [-0.3, -0.25) is 14.4 Å². The van der Waals surface area contributed by atoms with Crippen molar-refractivity contribution >= 4 is 57.6 Å². The van der Waals surface area contributed by atoms with Crippen molar-refractivity contribution in [1.29, 1.82) is 0 Å². The molecule has 5 rings (SSSR count). The fourth-order valence-corrected chi connectivity index (χ4v) is 4.23. The molecule has 0 bridgehead atoms. The van der Waals surface area contributed by atoms with Gasteiger partial charge < -0.3 is 0 Å². The molecule has 166 valence electrons. The predicted molar refractivity (Wildman–Crippen MR) is 142 cm³/mol. The third kappa shape index (κ3) is 4.48. The van der Waals surface area contributed by atoms with Crippen molar-refractivity contribution in [1.82, 2.24) is 9.55 Å². The summed E-state index contributed by atoms with van der Waals surface area (Å²) >= 11 is 18.5. The quantitative estimate of drug-likeness (QED) is 0.235. The van der Waals surface area contributed by atoms with E-state index in [1.807, 2.05) is 66.7 Å². The van der Waals surface area contributed by atoms with Crippen LogP contribution < -0.4 is 5.56 Å². The highest BCUT2D eigenvalue weighted by Gasteiger charge is 2.16. The Labute approximate surface area is 210 Å². The van der Waals surface area contributed by atoms with E-state index in [2.05, 4.69) is 4.99 Å². The van der Waals surface area contributed by atoms with Crippen LogP contribution >= 0.6 is 34.8 Å². The number of hydrogen-bond acceptors (Lipinski definition) is 3. The zero-order chi connectivity index (χ0) is 23.7. The Bertz CT molecular complexity index is 1590. The van der Waals surface area contributed by atoms with E-state index >= 15 is 0 Å². The maximum Gasteiger partial charge on any atom is 0.266 e. The molecule has 0 atom stereocenters. The van der Waals surface area contributed by atoms with Crippen LogP contribution in [0.3, 0.4) is 0 Å². The van der Waals surface area contributed by atoms with Crippen LogP contribution in [0.2, 0.25) is 15.1 Å². The minimum atomic E-state index is -0.213. The van der Waals surface area contributed by atoms with Crippen LogP contribution in [0.15, 0.2) is 101 Å². The van der Waals surface area contributed by atoms with Gasteiger partial charge >= 0.3 is 0 Å². The number of nitrogens with zero attached hydrogens (tertiary/aromatic N) is 3. The minimum Gasteiger partial charge on any atom is -0.268 e. The summed E-state index contributed by atoms with van der Waals surface area (Å²) in [6, 6.07) is 27.2. The third-order valence-corrected chi connectivity index (χ3v) is 6.07. The lowest BCUT2D eigenvalue weighted by Crippen LogP contribution is -2.22. The van der Waals surface area contributed by atoms with E-state index in [0.29, 0.717) is 37.5 Å². The molecule has 1 aromatic heterocycles. The first-order chi connectivity index (χ1) is 16.5. The van der Waals surface area contributed by atoms with E-state index in [1.54, 1.807) is 30.5 Å². The van der Waals surface area contributed by atoms with E-state index < -0.39 is 0 Å². The Hall–Kier alpha value is -3.44. The van der Waals surface area contributed by atoms with Crippen molar-refractivity contribution in [2.75, 3.05) is 0 Å². The monoisotopic (exact) mass is 503 g/mol. The number of hydrogen-bond donors (Lipinski definition) is 0. The van der Waals surface area contributed by atoms with Crippen molar-refractivity contribution in [2.45, 2.75) is 0 Å². The van der Waals surface area contributed by atoms with E-state index in [1.165, 1.54) is 4.57 Å². The van der Waals surface area contributed by atoms with Crippen LogP contribution in [0.5, 0.6) is 0 Å². The normalized spacial score (nSPS) is 11.4. The molecule has 0 fully saturated rings. The zero-order valence-electron chi connectivity index (χ0n) is 17.6. The molecule has 0 aliphatic carbocycles. The smallest absolute Gasteiger partial charge is 0.266 e. The maximum atomic E-state index is 13.5. The molecule has 0 N–H and O–H groups in total. The summed E-state index contributed by atoms with van der Waals surface area (Å²) < 4.78 is 1.52. The number of benzene rings is 4. The average molecular weight is 505 g/mol. The van der Waals surface area contributed by atoms with Gasteiger partial charge in [0.25, 0.3) is 5.56 Å². The lowest BCUT2D eigenvalue weighted by atomic mass is 10.1. The predicted octanol–water partition coefficient (Wildman–Crippen LogP) is 7.76. The van der Waals surface area contributed by atoms with Gasteiger partial charge in [-0.15, -0.1) is 0 Å². The lowest BCUT2D eigenvalue weighted by molar-refractivity contribution is 0.976. The van der Waals surface area contributed by atoms with E-state index in [-0.39, 0.29) is 5.56 Å². The molecule has 0 unspecified atom stereocenters. The minimum absolute atomic E-state index is 0.213. The van der Waals surface area contributed by atoms with E-state index in [4.69, 9.17) is 39.8 Å². The van der Waals surface area contributed by atoms with Gasteiger partial charge in [-0.1, -0.05) is 59.1 Å². The highest BCUT2D eigenvalue weighted by molar-refractivity contribution is 6.35. The highest BCUT2D eigenvalue weighted by Crippen LogP contribution is 2.29. The van der Waals surface area contributed by atoms with Gasteiger partial charge in [0.2, 0.25) is 0 Å². The molecule has 7 heteroatoms. The molecule has 0 aliphatic rings. The molecule has 0 radical (unpaired) electrons. The second-order valence-corrected chi connectivity index (χ2v) is 8.83. The van der Waals surface area contributed by atoms with Crippen LogP contribution in [0.4, 0.5) is 5.69 Å². The van der Waals surface area contributed by atoms with Gasteiger partial charge in [0, 0.05) is 21.8 Å². The summed E-state index contributed by atoms with van der Waals surface area (Å²) in [4.78, 5) is 22.8. The van der Waals surface area contributed by atoms with Crippen LogP contribution in [-0.4, -0.2) is 15.8 Å². The number of halogens is 3.